The van der Waals surface area contributed by atoms with Gasteiger partial charge in [-0.1, -0.05) is 37.3 Å². The van der Waals surface area contributed by atoms with Crippen LogP contribution < -0.4 is 4.74 Å². The van der Waals surface area contributed by atoms with Gasteiger partial charge in [0.05, 0.1) is 13.2 Å². The molecular formula is C16H20O2S. The summed E-state index contributed by atoms with van der Waals surface area (Å²) in [5.74, 6) is 3.08. The van der Waals surface area contributed by atoms with Crippen molar-refractivity contribution >= 4 is 22.5 Å². The van der Waals surface area contributed by atoms with Gasteiger partial charge in [-0.15, -0.1) is 0 Å². The predicted molar refractivity (Wildman–Crippen MR) is 83.0 cm³/mol. The number of aliphatic hydroxyl groups is 1. The molecule has 0 bridgehead atoms. The zero-order valence-corrected chi connectivity index (χ0v) is 12.1. The molecular weight excluding hydrogens is 256 g/mol. The molecule has 2 nitrogen and oxygen atoms in total. The SMILES string of the molecule is CCSCCCOc1ccc2ccccc2c1CO. The van der Waals surface area contributed by atoms with Crippen molar-refractivity contribution in [1.82, 2.24) is 0 Å². The van der Waals surface area contributed by atoms with Crippen LogP contribution in [0.15, 0.2) is 36.4 Å². The van der Waals surface area contributed by atoms with Crippen molar-refractivity contribution < 1.29 is 9.84 Å². The van der Waals surface area contributed by atoms with Crippen LogP contribution >= 0.6 is 11.8 Å². The van der Waals surface area contributed by atoms with Crippen LogP contribution in [-0.4, -0.2) is 23.2 Å². The molecule has 0 heterocycles. The molecule has 0 aliphatic heterocycles. The molecule has 0 saturated heterocycles. The van der Waals surface area contributed by atoms with Gasteiger partial charge < -0.3 is 9.84 Å². The van der Waals surface area contributed by atoms with Gasteiger partial charge in [-0.2, -0.15) is 11.8 Å². The zero-order chi connectivity index (χ0) is 13.5. The topological polar surface area (TPSA) is 29.5 Å². The molecule has 1 N–H and O–H groups in total. The lowest BCUT2D eigenvalue weighted by Crippen LogP contribution is -2.02. The van der Waals surface area contributed by atoms with Gasteiger partial charge in [0.2, 0.25) is 0 Å². The highest BCUT2D eigenvalue weighted by molar-refractivity contribution is 7.99. The highest BCUT2D eigenvalue weighted by atomic mass is 32.2. The van der Waals surface area contributed by atoms with E-state index in [1.807, 2.05) is 42.1 Å². The Morgan fingerprint density at radius 2 is 2.00 bits per heavy atom. The molecule has 102 valence electrons. The Bertz CT molecular complexity index is 525. The average molecular weight is 276 g/mol. The Morgan fingerprint density at radius 3 is 2.79 bits per heavy atom. The third kappa shape index (κ3) is 3.64. The maximum atomic E-state index is 9.57. The van der Waals surface area contributed by atoms with Crippen molar-refractivity contribution in [2.75, 3.05) is 18.1 Å². The second-order valence-corrected chi connectivity index (χ2v) is 5.71. The first-order chi connectivity index (χ1) is 9.36. The van der Waals surface area contributed by atoms with Gasteiger partial charge >= 0.3 is 0 Å². The third-order valence-electron chi connectivity index (χ3n) is 3.05. The van der Waals surface area contributed by atoms with Gasteiger partial charge in [0.1, 0.15) is 5.75 Å². The van der Waals surface area contributed by atoms with Crippen LogP contribution in [0.4, 0.5) is 0 Å². The van der Waals surface area contributed by atoms with Crippen LogP contribution in [-0.2, 0) is 6.61 Å². The Morgan fingerprint density at radius 1 is 1.16 bits per heavy atom. The molecule has 2 aromatic carbocycles. The van der Waals surface area contributed by atoms with Crippen LogP contribution in [0.5, 0.6) is 5.75 Å². The maximum Gasteiger partial charge on any atom is 0.125 e. The molecule has 0 radical (unpaired) electrons. The minimum atomic E-state index is 0.0143. The summed E-state index contributed by atoms with van der Waals surface area (Å²) in [6, 6.07) is 12.1. The Kier molecular flexibility index (Phi) is 5.55. The average Bonchev–Trinajstić information content (AvgIpc) is 2.46. The summed E-state index contributed by atoms with van der Waals surface area (Å²) in [4.78, 5) is 0. The molecule has 0 fully saturated rings. The summed E-state index contributed by atoms with van der Waals surface area (Å²) in [5.41, 5.74) is 0.890. The molecule has 0 spiro atoms. The van der Waals surface area contributed by atoms with Crippen molar-refractivity contribution in [3.05, 3.63) is 42.0 Å². The quantitative estimate of drug-likeness (QED) is 0.779. The van der Waals surface area contributed by atoms with E-state index in [1.54, 1.807) is 0 Å². The van der Waals surface area contributed by atoms with E-state index in [-0.39, 0.29) is 6.61 Å². The molecule has 0 amide bonds. The zero-order valence-electron chi connectivity index (χ0n) is 11.3. The van der Waals surface area contributed by atoms with Crippen molar-refractivity contribution in [3.63, 3.8) is 0 Å². The van der Waals surface area contributed by atoms with E-state index in [4.69, 9.17) is 4.74 Å². The Labute approximate surface area is 118 Å². The van der Waals surface area contributed by atoms with E-state index in [9.17, 15) is 5.11 Å². The van der Waals surface area contributed by atoms with Crippen molar-refractivity contribution in [2.24, 2.45) is 0 Å². The van der Waals surface area contributed by atoms with Gasteiger partial charge in [0.15, 0.2) is 0 Å². The predicted octanol–water partition coefficient (Wildman–Crippen LogP) is 3.85. The van der Waals surface area contributed by atoms with Crippen LogP contribution in [0, 0.1) is 0 Å². The molecule has 0 aliphatic carbocycles. The highest BCUT2D eigenvalue weighted by Crippen LogP contribution is 2.28. The lowest BCUT2D eigenvalue weighted by molar-refractivity contribution is 0.265. The van der Waals surface area contributed by atoms with Crippen molar-refractivity contribution in [3.8, 4) is 5.75 Å². The molecule has 0 unspecified atom stereocenters. The molecule has 0 saturated carbocycles. The van der Waals surface area contributed by atoms with Gasteiger partial charge in [0, 0.05) is 5.56 Å². The van der Waals surface area contributed by atoms with Crippen molar-refractivity contribution in [1.29, 1.82) is 0 Å². The number of fused-ring (bicyclic) bond motifs is 1. The maximum absolute atomic E-state index is 9.57. The van der Waals surface area contributed by atoms with Gasteiger partial charge in [-0.3, -0.25) is 0 Å². The second kappa shape index (κ2) is 7.41. The number of ether oxygens (including phenoxy) is 1. The third-order valence-corrected chi connectivity index (χ3v) is 4.04. The lowest BCUT2D eigenvalue weighted by atomic mass is 10.0. The summed E-state index contributed by atoms with van der Waals surface area (Å²) < 4.78 is 5.81. The summed E-state index contributed by atoms with van der Waals surface area (Å²) in [7, 11) is 0. The minimum Gasteiger partial charge on any atom is -0.493 e. The highest BCUT2D eigenvalue weighted by Gasteiger charge is 2.07. The van der Waals surface area contributed by atoms with Crippen molar-refractivity contribution in [2.45, 2.75) is 20.0 Å². The molecule has 3 heteroatoms. The number of rotatable bonds is 7. The monoisotopic (exact) mass is 276 g/mol. The smallest absolute Gasteiger partial charge is 0.125 e. The van der Waals surface area contributed by atoms with E-state index in [1.165, 1.54) is 0 Å². The van der Waals surface area contributed by atoms with E-state index >= 15 is 0 Å². The Balaban J connectivity index is 2.10. The van der Waals surface area contributed by atoms with Crippen LogP contribution in [0.2, 0.25) is 0 Å². The van der Waals surface area contributed by atoms with E-state index in [0.29, 0.717) is 6.61 Å². The fourth-order valence-corrected chi connectivity index (χ4v) is 2.71. The molecule has 0 aliphatic rings. The minimum absolute atomic E-state index is 0.0143. The van der Waals surface area contributed by atoms with Gasteiger partial charge in [-0.25, -0.2) is 0 Å². The first kappa shape index (κ1) is 14.2. The van der Waals surface area contributed by atoms with Crippen LogP contribution in [0.3, 0.4) is 0 Å². The summed E-state index contributed by atoms with van der Waals surface area (Å²) in [5, 5.41) is 11.8. The first-order valence-electron chi connectivity index (χ1n) is 6.69. The molecule has 2 aromatic rings. The fourth-order valence-electron chi connectivity index (χ4n) is 2.10. The van der Waals surface area contributed by atoms with Gasteiger partial charge in [-0.05, 0) is 34.8 Å². The van der Waals surface area contributed by atoms with Crippen LogP contribution in [0.25, 0.3) is 10.8 Å². The summed E-state index contributed by atoms with van der Waals surface area (Å²) >= 11 is 1.93. The standard InChI is InChI=1S/C16H20O2S/c1-2-19-11-5-10-18-16-9-8-13-6-3-4-7-14(13)15(16)12-17/h3-4,6-9,17H,2,5,10-12H2,1H3. The number of hydrogen-bond donors (Lipinski definition) is 1. The van der Waals surface area contributed by atoms with Gasteiger partial charge in [0.25, 0.3) is 0 Å². The van der Waals surface area contributed by atoms with E-state index in [0.717, 1.165) is 40.0 Å². The Hall–Kier alpha value is -1.19. The molecule has 0 aromatic heterocycles. The molecule has 2 rings (SSSR count). The fraction of sp³-hybridized carbons (Fsp3) is 0.375. The number of thioether (sulfide) groups is 1. The molecule has 19 heavy (non-hydrogen) atoms. The second-order valence-electron chi connectivity index (χ2n) is 4.32. The lowest BCUT2D eigenvalue weighted by Gasteiger charge is -2.12. The number of benzene rings is 2. The molecule has 0 atom stereocenters. The normalized spacial score (nSPS) is 10.8. The first-order valence-corrected chi connectivity index (χ1v) is 7.84. The summed E-state index contributed by atoms with van der Waals surface area (Å²) in [6.45, 7) is 2.89. The van der Waals surface area contributed by atoms with E-state index in [2.05, 4.69) is 13.0 Å². The van der Waals surface area contributed by atoms with E-state index < -0.39 is 0 Å². The largest absolute Gasteiger partial charge is 0.493 e. The summed E-state index contributed by atoms with van der Waals surface area (Å²) in [6.07, 6.45) is 1.04. The number of aliphatic hydroxyl groups excluding tert-OH is 1. The van der Waals surface area contributed by atoms with Crippen LogP contribution in [0.1, 0.15) is 18.9 Å². The number of hydrogen-bond acceptors (Lipinski definition) is 3.